The molecule has 0 aliphatic carbocycles. The molecule has 1 heterocycles. The van der Waals surface area contributed by atoms with Crippen LogP contribution in [0.25, 0.3) is 0 Å². The monoisotopic (exact) mass is 279 g/mol. The van der Waals surface area contributed by atoms with E-state index >= 15 is 0 Å². The molecule has 0 radical (unpaired) electrons. The molecular formula is C17H33N3. The van der Waals surface area contributed by atoms with Gasteiger partial charge < -0.3 is 4.90 Å². The van der Waals surface area contributed by atoms with E-state index < -0.39 is 0 Å². The number of nitrogens with zero attached hydrogens (tertiary/aromatic N) is 2. The van der Waals surface area contributed by atoms with Crippen LogP contribution < -0.4 is 5.32 Å². The highest BCUT2D eigenvalue weighted by Gasteiger charge is 2.22. The lowest BCUT2D eigenvalue weighted by molar-refractivity contribution is 0.207. The maximum atomic E-state index is 9.32. The Balaban J connectivity index is 2.24. The first-order valence-electron chi connectivity index (χ1n) is 8.51. The predicted molar refractivity (Wildman–Crippen MR) is 85.7 cm³/mol. The smallest absolute Gasteiger partial charge is 0.103 e. The molecule has 20 heavy (non-hydrogen) atoms. The molecule has 1 N–H and O–H groups in total. The summed E-state index contributed by atoms with van der Waals surface area (Å²) in [5.41, 5.74) is -0.333. The van der Waals surface area contributed by atoms with Gasteiger partial charge in [-0.25, -0.2) is 0 Å². The van der Waals surface area contributed by atoms with E-state index in [-0.39, 0.29) is 5.54 Å². The number of nitrogens with one attached hydrogen (secondary N) is 1. The molecule has 1 aliphatic rings. The van der Waals surface area contributed by atoms with Crippen molar-refractivity contribution in [3.8, 4) is 6.07 Å². The summed E-state index contributed by atoms with van der Waals surface area (Å²) in [5, 5.41) is 12.7. The summed E-state index contributed by atoms with van der Waals surface area (Å²) in [6.45, 7) is 9.96. The molecule has 0 saturated carbocycles. The van der Waals surface area contributed by atoms with Gasteiger partial charge >= 0.3 is 0 Å². The molecule has 1 rings (SSSR count). The molecule has 1 aliphatic heterocycles. The van der Waals surface area contributed by atoms with Crippen LogP contribution in [0.15, 0.2) is 0 Å². The first kappa shape index (κ1) is 17.5. The zero-order chi connectivity index (χ0) is 14.8. The predicted octanol–water partition coefficient (Wildman–Crippen LogP) is 3.70. The topological polar surface area (TPSA) is 39.1 Å². The van der Waals surface area contributed by atoms with E-state index in [4.69, 9.17) is 0 Å². The average Bonchev–Trinajstić information content (AvgIpc) is 2.66. The second-order valence-electron chi connectivity index (χ2n) is 6.56. The van der Waals surface area contributed by atoms with Gasteiger partial charge in [0.1, 0.15) is 5.54 Å². The van der Waals surface area contributed by atoms with Crippen LogP contribution in [-0.4, -0.2) is 36.1 Å². The molecule has 0 amide bonds. The largest absolute Gasteiger partial charge is 0.301 e. The summed E-state index contributed by atoms with van der Waals surface area (Å²) in [6.07, 6.45) is 9.92. The third-order valence-electron chi connectivity index (χ3n) is 4.57. The highest BCUT2D eigenvalue weighted by atomic mass is 15.1. The fourth-order valence-corrected chi connectivity index (χ4v) is 3.04. The van der Waals surface area contributed by atoms with Crippen molar-refractivity contribution < 1.29 is 0 Å². The summed E-state index contributed by atoms with van der Waals surface area (Å²) >= 11 is 0. The molecule has 1 fully saturated rings. The Morgan fingerprint density at radius 3 is 2.80 bits per heavy atom. The Morgan fingerprint density at radius 1 is 1.30 bits per heavy atom. The van der Waals surface area contributed by atoms with Gasteiger partial charge in [0.05, 0.1) is 6.07 Å². The van der Waals surface area contributed by atoms with E-state index in [0.717, 1.165) is 31.8 Å². The number of unbranched alkanes of at least 4 members (excludes halogenated alkanes) is 1. The summed E-state index contributed by atoms with van der Waals surface area (Å²) in [7, 11) is 0. The minimum atomic E-state index is -0.333. The summed E-state index contributed by atoms with van der Waals surface area (Å²) in [6, 6.07) is 3.19. The Kier molecular flexibility index (Phi) is 8.18. The first-order valence-corrected chi connectivity index (χ1v) is 8.51. The molecule has 3 nitrogen and oxygen atoms in total. The van der Waals surface area contributed by atoms with Gasteiger partial charge in [0.15, 0.2) is 0 Å². The quantitative estimate of drug-likeness (QED) is 0.689. The van der Waals surface area contributed by atoms with Crippen LogP contribution in [0.4, 0.5) is 0 Å². The summed E-state index contributed by atoms with van der Waals surface area (Å²) in [5.74, 6) is 0. The van der Waals surface area contributed by atoms with Crippen molar-refractivity contribution in [1.82, 2.24) is 10.2 Å². The van der Waals surface area contributed by atoms with Crippen LogP contribution in [0.2, 0.25) is 0 Å². The number of hydrogen-bond acceptors (Lipinski definition) is 3. The van der Waals surface area contributed by atoms with Gasteiger partial charge in [0.25, 0.3) is 0 Å². The van der Waals surface area contributed by atoms with Crippen molar-refractivity contribution >= 4 is 0 Å². The normalized spacial score (nSPS) is 23.8. The Hall–Kier alpha value is -0.590. The molecule has 1 saturated heterocycles. The van der Waals surface area contributed by atoms with E-state index in [9.17, 15) is 5.26 Å². The molecule has 2 atom stereocenters. The molecular weight excluding hydrogens is 246 g/mol. The third-order valence-corrected chi connectivity index (χ3v) is 4.57. The van der Waals surface area contributed by atoms with Gasteiger partial charge in [0.2, 0.25) is 0 Å². The van der Waals surface area contributed by atoms with Crippen molar-refractivity contribution in [2.45, 2.75) is 83.7 Å². The molecule has 0 aromatic carbocycles. The lowest BCUT2D eigenvalue weighted by Gasteiger charge is -2.28. The van der Waals surface area contributed by atoms with E-state index in [1.54, 1.807) is 0 Å². The maximum Gasteiger partial charge on any atom is 0.103 e. The van der Waals surface area contributed by atoms with Crippen molar-refractivity contribution in [1.29, 1.82) is 5.26 Å². The Morgan fingerprint density at radius 2 is 2.10 bits per heavy atom. The highest BCUT2D eigenvalue weighted by Crippen LogP contribution is 2.18. The van der Waals surface area contributed by atoms with Crippen LogP contribution >= 0.6 is 0 Å². The molecule has 0 aromatic rings. The van der Waals surface area contributed by atoms with Gasteiger partial charge in [-0.1, -0.05) is 19.8 Å². The van der Waals surface area contributed by atoms with E-state index in [2.05, 4.69) is 30.1 Å². The third kappa shape index (κ3) is 6.24. The molecule has 0 spiro atoms. The molecule has 3 heteroatoms. The minimum absolute atomic E-state index is 0.333. The van der Waals surface area contributed by atoms with Crippen LogP contribution in [0.5, 0.6) is 0 Å². The maximum absolute atomic E-state index is 9.32. The zero-order valence-electron chi connectivity index (χ0n) is 13.7. The lowest BCUT2D eigenvalue weighted by atomic mass is 9.96. The van der Waals surface area contributed by atoms with Gasteiger partial charge in [0, 0.05) is 6.04 Å². The number of nitriles is 1. The van der Waals surface area contributed by atoms with Crippen LogP contribution in [0, 0.1) is 11.3 Å². The highest BCUT2D eigenvalue weighted by molar-refractivity contribution is 5.03. The fraction of sp³-hybridized carbons (Fsp3) is 0.941. The van der Waals surface area contributed by atoms with Crippen LogP contribution in [0.3, 0.4) is 0 Å². The SMILES string of the molecule is CCCNC(C)(C#N)CCCCN1CCCCCC1C. The van der Waals surface area contributed by atoms with Crippen molar-refractivity contribution in [2.24, 2.45) is 0 Å². The molecule has 2 unspecified atom stereocenters. The van der Waals surface area contributed by atoms with Gasteiger partial charge in [-0.15, -0.1) is 0 Å². The second kappa shape index (κ2) is 9.37. The van der Waals surface area contributed by atoms with E-state index in [1.165, 1.54) is 45.2 Å². The lowest BCUT2D eigenvalue weighted by Crippen LogP contribution is -2.41. The van der Waals surface area contributed by atoms with Gasteiger partial charge in [-0.05, 0) is 72.0 Å². The van der Waals surface area contributed by atoms with Gasteiger partial charge in [-0.3, -0.25) is 5.32 Å². The number of hydrogen-bond donors (Lipinski definition) is 1. The summed E-state index contributed by atoms with van der Waals surface area (Å²) in [4.78, 5) is 2.65. The van der Waals surface area contributed by atoms with Crippen LogP contribution in [-0.2, 0) is 0 Å². The standard InChI is InChI=1S/C17H33N3/c1-4-12-19-17(3,15-18)11-7-9-14-20-13-8-5-6-10-16(20)2/h16,19H,4-14H2,1-3H3. The average molecular weight is 279 g/mol. The van der Waals surface area contributed by atoms with Crippen molar-refractivity contribution in [3.63, 3.8) is 0 Å². The molecule has 0 aromatic heterocycles. The second-order valence-corrected chi connectivity index (χ2v) is 6.56. The number of likely N-dealkylation sites (tertiary alicyclic amines) is 1. The van der Waals surface area contributed by atoms with E-state index in [1.807, 2.05) is 6.92 Å². The van der Waals surface area contributed by atoms with E-state index in [0.29, 0.717) is 0 Å². The number of rotatable bonds is 8. The molecule has 0 bridgehead atoms. The fourth-order valence-electron chi connectivity index (χ4n) is 3.04. The Bertz CT molecular complexity index is 297. The minimum Gasteiger partial charge on any atom is -0.301 e. The Labute approximate surface area is 125 Å². The molecule has 116 valence electrons. The first-order chi connectivity index (χ1) is 9.61. The van der Waals surface area contributed by atoms with Crippen molar-refractivity contribution in [3.05, 3.63) is 0 Å². The van der Waals surface area contributed by atoms with Crippen LogP contribution in [0.1, 0.15) is 72.1 Å². The summed E-state index contributed by atoms with van der Waals surface area (Å²) < 4.78 is 0. The van der Waals surface area contributed by atoms with Gasteiger partial charge in [-0.2, -0.15) is 5.26 Å². The zero-order valence-corrected chi connectivity index (χ0v) is 13.7. The van der Waals surface area contributed by atoms with Crippen molar-refractivity contribution in [2.75, 3.05) is 19.6 Å².